The molecule has 1 fully saturated rings. The zero-order chi connectivity index (χ0) is 27.8. The van der Waals surface area contributed by atoms with E-state index in [4.69, 9.17) is 38.4 Å². The summed E-state index contributed by atoms with van der Waals surface area (Å²) in [4.78, 5) is 9.54. The van der Waals surface area contributed by atoms with Crippen molar-refractivity contribution in [3.05, 3.63) is 47.5 Å². The summed E-state index contributed by atoms with van der Waals surface area (Å²) in [6.45, 7) is 4.35. The van der Waals surface area contributed by atoms with Crippen molar-refractivity contribution in [2.75, 3.05) is 66.1 Å². The first kappa shape index (κ1) is 29.8. The number of phenolic OH excluding ortho intramolecular Hbond substituents is 2. The fraction of sp³-hybridized carbons (Fsp3) is 0.533. The van der Waals surface area contributed by atoms with Gasteiger partial charge in [0.2, 0.25) is 0 Å². The first-order valence-corrected chi connectivity index (χ1v) is 14.0. The second kappa shape index (κ2) is 16.8. The smallest absolute Gasteiger partial charge is 0.128 e. The Morgan fingerprint density at radius 3 is 1.27 bits per heavy atom. The zero-order valence-corrected chi connectivity index (χ0v) is 22.9. The lowest BCUT2D eigenvalue weighted by molar-refractivity contribution is -0.00699. The van der Waals surface area contributed by atoms with Crippen molar-refractivity contribution in [3.8, 4) is 23.0 Å². The molecular formula is C30H40N2O8. The predicted octanol–water partition coefficient (Wildman–Crippen LogP) is 3.78. The number of aromatic hydroxyl groups is 2. The van der Waals surface area contributed by atoms with E-state index in [9.17, 15) is 10.2 Å². The largest absolute Gasteiger partial charge is 0.507 e. The van der Waals surface area contributed by atoms with Gasteiger partial charge in [0, 0.05) is 35.7 Å². The Balaban J connectivity index is 1.40. The first-order valence-electron chi connectivity index (χ1n) is 14.0. The van der Waals surface area contributed by atoms with Gasteiger partial charge in [-0.25, -0.2) is 0 Å². The maximum atomic E-state index is 10.5. The molecule has 218 valence electrons. The number of ether oxygens (including phenoxy) is 6. The molecule has 2 atom stereocenters. The second-order valence-electron chi connectivity index (χ2n) is 9.56. The summed E-state index contributed by atoms with van der Waals surface area (Å²) >= 11 is 0. The quantitative estimate of drug-likeness (QED) is 0.503. The van der Waals surface area contributed by atoms with Gasteiger partial charge in [-0.15, -0.1) is 0 Å². The van der Waals surface area contributed by atoms with Crippen LogP contribution in [-0.4, -0.2) is 101 Å². The van der Waals surface area contributed by atoms with E-state index in [0.717, 1.165) is 25.7 Å². The van der Waals surface area contributed by atoms with Gasteiger partial charge in [-0.05, 0) is 37.1 Å². The van der Waals surface area contributed by atoms with Crippen molar-refractivity contribution < 1.29 is 38.6 Å². The number of rotatable bonds is 0. The fourth-order valence-electron chi connectivity index (χ4n) is 4.44. The molecule has 40 heavy (non-hydrogen) atoms. The van der Waals surface area contributed by atoms with Gasteiger partial charge in [-0.1, -0.05) is 12.8 Å². The molecule has 4 aliphatic rings. The Morgan fingerprint density at radius 2 is 0.900 bits per heavy atom. The molecule has 0 unspecified atom stereocenters. The van der Waals surface area contributed by atoms with E-state index in [2.05, 4.69) is 0 Å². The SMILES string of the molecule is Oc1cc2ccc1C=N[C@@H]1CCCC[C@H]1N=Cc1ccc(cc1O)OCCOCCOCCOCCOCCO2. The van der Waals surface area contributed by atoms with Crippen LogP contribution in [0.2, 0.25) is 0 Å². The lowest BCUT2D eigenvalue weighted by Crippen LogP contribution is -2.27. The molecule has 1 saturated carbocycles. The number of aliphatic imine (C=N–C) groups is 2. The molecule has 0 saturated heterocycles. The van der Waals surface area contributed by atoms with Crippen LogP contribution in [0.25, 0.3) is 0 Å². The normalized spacial score (nSPS) is 22.6. The molecule has 0 spiro atoms. The fourth-order valence-corrected chi connectivity index (χ4v) is 4.44. The van der Waals surface area contributed by atoms with Crippen molar-refractivity contribution in [3.63, 3.8) is 0 Å². The molecule has 6 rings (SSSR count). The molecule has 0 amide bonds. The average molecular weight is 557 g/mol. The molecule has 4 bridgehead atoms. The molecule has 3 aliphatic heterocycles. The Kier molecular flexibility index (Phi) is 12.5. The zero-order valence-electron chi connectivity index (χ0n) is 22.9. The molecule has 3 heterocycles. The number of phenols is 2. The summed E-state index contributed by atoms with van der Waals surface area (Å²) < 4.78 is 33.4. The summed E-state index contributed by atoms with van der Waals surface area (Å²) in [5, 5.41) is 21.0. The molecule has 0 aromatic heterocycles. The highest BCUT2D eigenvalue weighted by atomic mass is 16.6. The molecular weight excluding hydrogens is 516 g/mol. The van der Waals surface area contributed by atoms with Crippen LogP contribution in [0.5, 0.6) is 23.0 Å². The van der Waals surface area contributed by atoms with E-state index in [0.29, 0.717) is 88.7 Å². The van der Waals surface area contributed by atoms with Crippen molar-refractivity contribution in [1.82, 2.24) is 0 Å². The highest BCUT2D eigenvalue weighted by molar-refractivity contribution is 5.85. The molecule has 10 nitrogen and oxygen atoms in total. The summed E-state index contributed by atoms with van der Waals surface area (Å²) in [6, 6.07) is 10.4. The van der Waals surface area contributed by atoms with Crippen LogP contribution in [0.1, 0.15) is 36.8 Å². The maximum Gasteiger partial charge on any atom is 0.128 e. The lowest BCUT2D eigenvalue weighted by Gasteiger charge is -2.25. The van der Waals surface area contributed by atoms with Crippen molar-refractivity contribution in [1.29, 1.82) is 0 Å². The molecule has 2 aromatic rings. The van der Waals surface area contributed by atoms with Crippen molar-refractivity contribution in [2.24, 2.45) is 9.98 Å². The third kappa shape index (κ3) is 10.1. The van der Waals surface area contributed by atoms with Gasteiger partial charge in [0.05, 0.1) is 64.9 Å². The third-order valence-electron chi connectivity index (χ3n) is 6.62. The summed E-state index contributed by atoms with van der Waals surface area (Å²) in [6.07, 6.45) is 7.40. The maximum absolute atomic E-state index is 10.5. The molecule has 10 heteroatoms. The average Bonchev–Trinajstić information content (AvgIpc) is 2.96. The van der Waals surface area contributed by atoms with E-state index >= 15 is 0 Å². The van der Waals surface area contributed by atoms with Gasteiger partial charge in [0.25, 0.3) is 0 Å². The second-order valence-corrected chi connectivity index (χ2v) is 9.56. The Morgan fingerprint density at radius 1 is 0.525 bits per heavy atom. The molecule has 2 N–H and O–H groups in total. The predicted molar refractivity (Wildman–Crippen MR) is 152 cm³/mol. The van der Waals surface area contributed by atoms with E-state index in [-0.39, 0.29) is 23.6 Å². The summed E-state index contributed by atoms with van der Waals surface area (Å²) in [5.74, 6) is 1.33. The monoisotopic (exact) mass is 556 g/mol. The van der Waals surface area contributed by atoms with Crippen molar-refractivity contribution in [2.45, 2.75) is 37.8 Å². The number of nitrogens with zero attached hydrogens (tertiary/aromatic N) is 2. The highest BCUT2D eigenvalue weighted by Gasteiger charge is 2.23. The van der Waals surface area contributed by atoms with Gasteiger partial charge >= 0.3 is 0 Å². The van der Waals surface area contributed by atoms with Crippen LogP contribution in [-0.2, 0) is 18.9 Å². The minimum absolute atomic E-state index is 0.00283. The molecule has 1 aliphatic carbocycles. The lowest BCUT2D eigenvalue weighted by atomic mass is 9.91. The van der Waals surface area contributed by atoms with Gasteiger partial charge in [0.15, 0.2) is 0 Å². The van der Waals surface area contributed by atoms with Crippen LogP contribution < -0.4 is 9.47 Å². The van der Waals surface area contributed by atoms with Crippen LogP contribution in [0.4, 0.5) is 0 Å². The summed E-state index contributed by atoms with van der Waals surface area (Å²) in [5.41, 5.74) is 1.24. The van der Waals surface area contributed by atoms with Gasteiger partial charge in [-0.3, -0.25) is 9.98 Å². The first-order chi connectivity index (χ1) is 19.7. The van der Waals surface area contributed by atoms with E-state index in [1.807, 2.05) is 0 Å². The van der Waals surface area contributed by atoms with E-state index in [1.54, 1.807) is 48.8 Å². The van der Waals surface area contributed by atoms with E-state index in [1.165, 1.54) is 0 Å². The third-order valence-corrected chi connectivity index (χ3v) is 6.62. The van der Waals surface area contributed by atoms with Gasteiger partial charge in [-0.2, -0.15) is 0 Å². The Labute approximate surface area is 235 Å². The topological polar surface area (TPSA) is 121 Å². The standard InChI is InChI=1S/C30H40N2O8/c33-29-19-25-7-5-23(29)21-31-27-3-1-2-4-28(27)32-22-24-6-8-26(20-30(24)34)40-18-16-38-14-12-36-10-9-35-11-13-37-15-17-39-25/h5-8,19-22,27-28,33-34H,1-4,9-18H2/t27-,28-/m1/s1. The van der Waals surface area contributed by atoms with Gasteiger partial charge < -0.3 is 38.6 Å². The number of fused-ring (bicyclic) bond motifs is 2. The molecule has 0 radical (unpaired) electrons. The summed E-state index contributed by atoms with van der Waals surface area (Å²) in [7, 11) is 0. The minimum Gasteiger partial charge on any atom is -0.507 e. The van der Waals surface area contributed by atoms with Crippen LogP contribution in [0, 0.1) is 0 Å². The van der Waals surface area contributed by atoms with Crippen LogP contribution >= 0.6 is 0 Å². The number of benzene rings is 2. The number of hydrogen-bond donors (Lipinski definition) is 2. The van der Waals surface area contributed by atoms with Crippen molar-refractivity contribution >= 4 is 12.4 Å². The van der Waals surface area contributed by atoms with E-state index < -0.39 is 0 Å². The Bertz CT molecular complexity index is 1010. The van der Waals surface area contributed by atoms with Crippen LogP contribution in [0.3, 0.4) is 0 Å². The number of hydrogen-bond acceptors (Lipinski definition) is 10. The minimum atomic E-state index is -0.00283. The molecule has 2 aromatic carbocycles. The van der Waals surface area contributed by atoms with Crippen LogP contribution in [0.15, 0.2) is 46.4 Å². The highest BCUT2D eigenvalue weighted by Crippen LogP contribution is 2.27. The Hall–Kier alpha value is -3.18. The van der Waals surface area contributed by atoms with Gasteiger partial charge in [0.1, 0.15) is 36.2 Å².